The lowest BCUT2D eigenvalue weighted by Crippen LogP contribution is -2.22. The Labute approximate surface area is 584 Å². The molecule has 102 heavy (non-hydrogen) atoms. The van der Waals surface area contributed by atoms with Gasteiger partial charge < -0.3 is 46.9 Å². The summed E-state index contributed by atoms with van der Waals surface area (Å²) in [5.41, 5.74) is 11.6. The lowest BCUT2D eigenvalue weighted by atomic mass is 10.0. The number of alkyl halides is 3. The van der Waals surface area contributed by atoms with Crippen LogP contribution in [-0.2, 0) is 6.18 Å². The number of benzene rings is 6. The first-order valence-corrected chi connectivity index (χ1v) is 32.8. The van der Waals surface area contributed by atoms with E-state index in [2.05, 4.69) is 76.8 Å². The number of carbonyl (C=O) groups is 6. The summed E-state index contributed by atoms with van der Waals surface area (Å²) in [4.78, 5) is 109. The van der Waals surface area contributed by atoms with Crippen molar-refractivity contribution in [2.75, 3.05) is 31.9 Å². The second-order valence-electron chi connectivity index (χ2n) is 25.7. The topological polar surface area (TPSA) is 299 Å². The second-order valence-corrected chi connectivity index (χ2v) is 25.7. The third-order valence-corrected chi connectivity index (χ3v) is 16.3. The number of aromatic amines is 3. The molecule has 0 aliphatic rings. The number of rotatable bonds is 18. The number of H-pyrrole nitrogens is 3. The number of urea groups is 3. The first kappa shape index (κ1) is 72.5. The van der Waals surface area contributed by atoms with Crippen LogP contribution >= 0.6 is 0 Å². The average Bonchev–Trinajstić information content (AvgIpc) is 1.50. The van der Waals surface area contributed by atoms with Crippen LogP contribution in [0.3, 0.4) is 0 Å². The van der Waals surface area contributed by atoms with Crippen LogP contribution in [0.15, 0.2) is 165 Å². The minimum atomic E-state index is -4.73. The monoisotopic (exact) mass is 1380 g/mol. The van der Waals surface area contributed by atoms with Gasteiger partial charge in [0, 0.05) is 110 Å². The Hall–Kier alpha value is -12.3. The number of hydrogen-bond acceptors (Lipinski definition) is 12. The molecular formula is C77H75F4N15O6. The standard InChI is InChI=1S/C26H24F3N5O2.C26H27N5O2.C25H24FN5O2/c1-14(2)9-21(35)16-5-4-6-18(10-16)33-25(36)34-20-8-7-17(11-19(20)26(27,28)29)23-22-15(3)12-30-24(22)32-13-31-23;1-15(2)12-22(32)19-6-5-7-21(13-19)31-26(33)30-20-10-8-18(9-11-20)24-23-16(3)17(4)29-25(23)28-14-27-24;1-14(2)9-21(32)16-5-4-6-18(10-16)30-25(33)31-20-8-7-17(11-19(20)26)23-22-15(3)12-27-24(22)29-13-28-23/h4-8,10-14H,9H2,1-3H3,(H,30,31,32)(H2,33,34,36);5-11,13-15H,12H2,1-4H3,(H,27,28,29)(H2,30,31,33);4-8,10-14H,9H2,1-3H3,(H,27,28,29)(H2,30,31,33). The van der Waals surface area contributed by atoms with Crippen LogP contribution < -0.4 is 31.9 Å². The summed E-state index contributed by atoms with van der Waals surface area (Å²) in [6.45, 7) is 19.6. The van der Waals surface area contributed by atoms with Gasteiger partial charge in [-0.3, -0.25) is 14.4 Å². The zero-order valence-electron chi connectivity index (χ0n) is 57.6. The highest BCUT2D eigenvalue weighted by Gasteiger charge is 2.35. The number of amides is 6. The van der Waals surface area contributed by atoms with Gasteiger partial charge in [0.1, 0.15) is 41.7 Å². The zero-order valence-corrected chi connectivity index (χ0v) is 57.6. The highest BCUT2D eigenvalue weighted by Crippen LogP contribution is 2.40. The Morgan fingerprint density at radius 3 is 1.24 bits per heavy atom. The Balaban J connectivity index is 0.000000165. The van der Waals surface area contributed by atoms with Gasteiger partial charge in [-0.15, -0.1) is 0 Å². The largest absolute Gasteiger partial charge is 0.418 e. The normalized spacial score (nSPS) is 11.3. The van der Waals surface area contributed by atoms with Crippen molar-refractivity contribution < 1.29 is 46.3 Å². The maximum atomic E-state index is 14.8. The molecule has 522 valence electrons. The molecule has 6 aromatic carbocycles. The zero-order chi connectivity index (χ0) is 73.1. The molecule has 0 fully saturated rings. The molecule has 21 nitrogen and oxygen atoms in total. The highest BCUT2D eigenvalue weighted by atomic mass is 19.4. The molecule has 0 bridgehead atoms. The average molecular weight is 1380 g/mol. The summed E-state index contributed by atoms with van der Waals surface area (Å²) in [6, 6.07) is 33.7. The minimum absolute atomic E-state index is 0.00665. The van der Waals surface area contributed by atoms with E-state index >= 15 is 0 Å². The first-order valence-electron chi connectivity index (χ1n) is 32.8. The third kappa shape index (κ3) is 17.9. The van der Waals surface area contributed by atoms with Crippen molar-refractivity contribution in [2.24, 2.45) is 17.8 Å². The van der Waals surface area contributed by atoms with E-state index in [1.54, 1.807) is 85.3 Å². The molecular weight excluding hydrogens is 1310 g/mol. The summed E-state index contributed by atoms with van der Waals surface area (Å²) >= 11 is 0. The molecule has 0 unspecified atom stereocenters. The molecule has 6 amide bonds. The molecule has 0 aliphatic heterocycles. The molecule has 25 heteroatoms. The fourth-order valence-electron chi connectivity index (χ4n) is 11.3. The lowest BCUT2D eigenvalue weighted by Gasteiger charge is -2.16. The van der Waals surface area contributed by atoms with Crippen molar-refractivity contribution in [1.82, 2.24) is 44.9 Å². The summed E-state index contributed by atoms with van der Waals surface area (Å²) in [5, 5.41) is 18.0. The van der Waals surface area contributed by atoms with Gasteiger partial charge in [-0.25, -0.2) is 48.7 Å². The van der Waals surface area contributed by atoms with Gasteiger partial charge >= 0.3 is 24.3 Å². The van der Waals surface area contributed by atoms with E-state index in [9.17, 15) is 46.3 Å². The smallest absolute Gasteiger partial charge is 0.346 e. The fraction of sp³-hybridized carbons (Fsp3) is 0.221. The third-order valence-electron chi connectivity index (χ3n) is 16.3. The van der Waals surface area contributed by atoms with Gasteiger partial charge in [-0.1, -0.05) is 102 Å². The van der Waals surface area contributed by atoms with Gasteiger partial charge in [-0.2, -0.15) is 13.2 Å². The Bertz CT molecular complexity index is 5120. The van der Waals surface area contributed by atoms with Gasteiger partial charge in [0.2, 0.25) is 0 Å². The van der Waals surface area contributed by atoms with Crippen LogP contribution in [0.2, 0.25) is 0 Å². The van der Waals surface area contributed by atoms with Gasteiger partial charge in [0.05, 0.1) is 34.0 Å². The van der Waals surface area contributed by atoms with E-state index < -0.39 is 35.3 Å². The molecule has 0 atom stereocenters. The van der Waals surface area contributed by atoms with Crippen molar-refractivity contribution >= 4 is 103 Å². The van der Waals surface area contributed by atoms with E-state index in [4.69, 9.17) is 0 Å². The van der Waals surface area contributed by atoms with E-state index in [-0.39, 0.29) is 52.4 Å². The van der Waals surface area contributed by atoms with E-state index in [0.29, 0.717) is 92.3 Å². The number of ketones is 3. The summed E-state index contributed by atoms with van der Waals surface area (Å²) in [7, 11) is 0. The molecule has 6 aromatic heterocycles. The molecule has 0 spiro atoms. The maximum Gasteiger partial charge on any atom is 0.418 e. The van der Waals surface area contributed by atoms with Crippen LogP contribution in [-0.4, -0.2) is 80.3 Å². The Morgan fingerprint density at radius 2 is 0.804 bits per heavy atom. The van der Waals surface area contributed by atoms with Crippen LogP contribution in [0.5, 0.6) is 0 Å². The summed E-state index contributed by atoms with van der Waals surface area (Å²) in [5.74, 6) is 0.0835. The highest BCUT2D eigenvalue weighted by molar-refractivity contribution is 6.06. The van der Waals surface area contributed by atoms with E-state index in [0.717, 1.165) is 56.1 Å². The van der Waals surface area contributed by atoms with Crippen molar-refractivity contribution in [3.05, 3.63) is 215 Å². The maximum absolute atomic E-state index is 14.8. The number of aromatic nitrogens is 9. The van der Waals surface area contributed by atoms with Gasteiger partial charge in [0.15, 0.2) is 17.3 Å². The number of aryl methyl sites for hydroxylation is 4. The van der Waals surface area contributed by atoms with Crippen molar-refractivity contribution in [2.45, 2.75) is 94.7 Å². The molecule has 0 saturated carbocycles. The van der Waals surface area contributed by atoms with Crippen LogP contribution in [0.1, 0.15) is 120 Å². The van der Waals surface area contributed by atoms with Gasteiger partial charge in [0.25, 0.3) is 0 Å². The number of halogens is 4. The second kappa shape index (κ2) is 31.7. The summed E-state index contributed by atoms with van der Waals surface area (Å²) in [6.07, 6.45) is 4.29. The minimum Gasteiger partial charge on any atom is -0.346 e. The number of hydrogen-bond donors (Lipinski definition) is 9. The number of anilines is 6. The van der Waals surface area contributed by atoms with E-state index in [1.807, 2.05) is 99.7 Å². The number of nitrogens with one attached hydrogen (secondary N) is 9. The van der Waals surface area contributed by atoms with Crippen LogP contribution in [0, 0.1) is 51.3 Å². The molecule has 9 N–H and O–H groups in total. The SMILES string of the molecule is Cc1[nH]c2ncnc(-c3ccc(NC(=O)Nc4cccc(C(=O)CC(C)C)c4)cc3)c2c1C.Cc1c[nH]c2ncnc(-c3ccc(NC(=O)Nc4cccc(C(=O)CC(C)C)c4)c(C(F)(F)F)c3)c12.Cc1c[nH]c2ncnc(-c3ccc(NC(=O)Nc4cccc(C(=O)CC(C)C)c4)c(F)c3)c12. The molecule has 0 radical (unpaired) electrons. The molecule has 12 rings (SSSR count). The van der Waals surface area contributed by atoms with Crippen molar-refractivity contribution in [3.8, 4) is 33.8 Å². The van der Waals surface area contributed by atoms with Gasteiger partial charge in [-0.05, 0) is 135 Å². The predicted molar refractivity (Wildman–Crippen MR) is 390 cm³/mol. The van der Waals surface area contributed by atoms with Crippen molar-refractivity contribution in [3.63, 3.8) is 0 Å². The molecule has 6 heterocycles. The number of fused-ring (bicyclic) bond motifs is 3. The fourth-order valence-corrected chi connectivity index (χ4v) is 11.3. The molecule has 0 aliphatic carbocycles. The Kier molecular flexibility index (Phi) is 22.5. The number of Topliss-reactive ketones (excluding diaryl/α,β-unsaturated/α-hetero) is 3. The quantitative estimate of drug-likeness (QED) is 0.0286. The first-order chi connectivity index (χ1) is 48.6. The Morgan fingerprint density at radius 1 is 0.422 bits per heavy atom. The predicted octanol–water partition coefficient (Wildman–Crippen LogP) is 18.9. The number of nitrogens with zero attached hydrogens (tertiary/aromatic N) is 6. The van der Waals surface area contributed by atoms with Crippen LogP contribution in [0.4, 0.5) is 66.1 Å². The van der Waals surface area contributed by atoms with E-state index in [1.165, 1.54) is 43.0 Å². The lowest BCUT2D eigenvalue weighted by molar-refractivity contribution is -0.136. The molecule has 0 saturated heterocycles. The number of carbonyl (C=O) groups excluding carboxylic acids is 6. The summed E-state index contributed by atoms with van der Waals surface area (Å²) < 4.78 is 56.7. The molecule has 12 aromatic rings. The van der Waals surface area contributed by atoms with Crippen LogP contribution in [0.25, 0.3) is 66.9 Å². The van der Waals surface area contributed by atoms with Crippen molar-refractivity contribution in [1.29, 1.82) is 0 Å².